The highest BCUT2D eigenvalue weighted by Crippen LogP contribution is 2.32. The number of benzene rings is 1. The zero-order chi connectivity index (χ0) is 13.3. The highest BCUT2D eigenvalue weighted by atomic mass is 16.3. The Morgan fingerprint density at radius 2 is 2.00 bits per heavy atom. The molecule has 1 aromatic heterocycles. The predicted molar refractivity (Wildman–Crippen MR) is 78.1 cm³/mol. The van der Waals surface area contributed by atoms with Crippen LogP contribution in [0.2, 0.25) is 0 Å². The molecule has 1 aliphatic carbocycles. The van der Waals surface area contributed by atoms with E-state index in [0.29, 0.717) is 12.2 Å². The van der Waals surface area contributed by atoms with E-state index in [2.05, 4.69) is 10.3 Å². The average Bonchev–Trinajstić information content (AvgIpc) is 2.85. The molecule has 4 heteroatoms. The van der Waals surface area contributed by atoms with Crippen LogP contribution in [0.4, 0.5) is 11.4 Å². The largest absolute Gasteiger partial charge is 0.396 e. The summed E-state index contributed by atoms with van der Waals surface area (Å²) in [5.41, 5.74) is 7.84. The number of para-hydroxylation sites is 1. The summed E-state index contributed by atoms with van der Waals surface area (Å²) in [6.07, 6.45) is 5.60. The van der Waals surface area contributed by atoms with E-state index in [9.17, 15) is 5.11 Å². The summed E-state index contributed by atoms with van der Waals surface area (Å²) >= 11 is 0. The van der Waals surface area contributed by atoms with Crippen molar-refractivity contribution in [2.75, 3.05) is 17.6 Å². The first-order valence-corrected chi connectivity index (χ1v) is 6.77. The average molecular weight is 257 g/mol. The lowest BCUT2D eigenvalue weighted by atomic mass is 10.0. The molecule has 1 saturated carbocycles. The molecule has 4 N–H and O–H groups in total. The van der Waals surface area contributed by atoms with Crippen LogP contribution in [0.5, 0.6) is 0 Å². The maximum Gasteiger partial charge on any atom is 0.0819 e. The predicted octanol–water partition coefficient (Wildman–Crippen LogP) is 2.53. The van der Waals surface area contributed by atoms with Crippen LogP contribution in [0, 0.1) is 0 Å². The fraction of sp³-hybridized carbons (Fsp3) is 0.400. The third kappa shape index (κ3) is 2.36. The number of aliphatic hydroxyl groups is 1. The van der Waals surface area contributed by atoms with Crippen LogP contribution in [-0.2, 0) is 0 Å². The van der Waals surface area contributed by atoms with Gasteiger partial charge in [0.05, 0.1) is 28.7 Å². The number of nitrogen functional groups attached to an aromatic ring is 1. The van der Waals surface area contributed by atoms with E-state index >= 15 is 0 Å². The number of aromatic nitrogens is 1. The second kappa shape index (κ2) is 4.70. The monoisotopic (exact) mass is 257 g/mol. The van der Waals surface area contributed by atoms with E-state index in [1.807, 2.05) is 24.3 Å². The van der Waals surface area contributed by atoms with E-state index in [4.69, 9.17) is 5.73 Å². The molecule has 0 bridgehead atoms. The Labute approximate surface area is 112 Å². The first-order valence-electron chi connectivity index (χ1n) is 6.77. The molecule has 0 saturated heterocycles. The van der Waals surface area contributed by atoms with Gasteiger partial charge in [-0.3, -0.25) is 4.98 Å². The van der Waals surface area contributed by atoms with Crippen molar-refractivity contribution in [3.8, 4) is 0 Å². The fourth-order valence-corrected chi connectivity index (χ4v) is 2.82. The van der Waals surface area contributed by atoms with E-state index in [-0.39, 0.29) is 0 Å². The van der Waals surface area contributed by atoms with E-state index < -0.39 is 5.60 Å². The highest BCUT2D eigenvalue weighted by molar-refractivity contribution is 5.96. The number of nitrogens with two attached hydrogens (primary N) is 1. The Bertz CT molecular complexity index is 591. The second-order valence-corrected chi connectivity index (χ2v) is 5.39. The molecule has 3 rings (SSSR count). The summed E-state index contributed by atoms with van der Waals surface area (Å²) in [5, 5.41) is 14.7. The van der Waals surface area contributed by atoms with Crippen LogP contribution in [-0.4, -0.2) is 22.2 Å². The Kier molecular flexibility index (Phi) is 3.03. The minimum Gasteiger partial charge on any atom is -0.396 e. The van der Waals surface area contributed by atoms with Gasteiger partial charge in [-0.05, 0) is 18.9 Å². The third-order valence-electron chi connectivity index (χ3n) is 3.93. The van der Waals surface area contributed by atoms with Crippen LogP contribution < -0.4 is 11.1 Å². The van der Waals surface area contributed by atoms with Gasteiger partial charge in [-0.1, -0.05) is 31.0 Å². The lowest BCUT2D eigenvalue weighted by Gasteiger charge is -2.24. The summed E-state index contributed by atoms with van der Waals surface area (Å²) in [6, 6.07) is 7.89. The molecule has 1 fully saturated rings. The van der Waals surface area contributed by atoms with Crippen LogP contribution in [0.1, 0.15) is 25.7 Å². The molecule has 1 heterocycles. The molecule has 1 aromatic carbocycles. The molecule has 0 spiro atoms. The minimum atomic E-state index is -0.586. The number of pyridine rings is 1. The molecule has 100 valence electrons. The van der Waals surface area contributed by atoms with Crippen LogP contribution >= 0.6 is 0 Å². The summed E-state index contributed by atoms with van der Waals surface area (Å²) in [4.78, 5) is 4.31. The van der Waals surface area contributed by atoms with E-state index in [1.165, 1.54) is 0 Å². The zero-order valence-corrected chi connectivity index (χ0v) is 10.9. The number of hydrogen-bond donors (Lipinski definition) is 3. The van der Waals surface area contributed by atoms with Gasteiger partial charge in [-0.2, -0.15) is 0 Å². The smallest absolute Gasteiger partial charge is 0.0819 e. The standard InChI is InChI=1S/C15H19N3O/c16-12-9-17-13-6-2-1-5-11(13)14(12)18-10-15(19)7-3-4-8-15/h1-2,5-6,9,19H,3-4,7-8,10,16H2,(H,17,18). The van der Waals surface area contributed by atoms with Gasteiger partial charge in [0.15, 0.2) is 0 Å². The number of anilines is 2. The topological polar surface area (TPSA) is 71.2 Å². The van der Waals surface area contributed by atoms with Gasteiger partial charge in [0.25, 0.3) is 0 Å². The quantitative estimate of drug-likeness (QED) is 0.790. The van der Waals surface area contributed by atoms with Crippen molar-refractivity contribution in [2.24, 2.45) is 0 Å². The van der Waals surface area contributed by atoms with Gasteiger partial charge in [-0.25, -0.2) is 0 Å². The lowest BCUT2D eigenvalue weighted by molar-refractivity contribution is 0.0615. The Balaban J connectivity index is 1.89. The van der Waals surface area contributed by atoms with Crippen molar-refractivity contribution in [2.45, 2.75) is 31.3 Å². The molecule has 0 aliphatic heterocycles. The fourth-order valence-electron chi connectivity index (χ4n) is 2.82. The highest BCUT2D eigenvalue weighted by Gasteiger charge is 2.30. The minimum absolute atomic E-state index is 0.547. The molecule has 0 unspecified atom stereocenters. The van der Waals surface area contributed by atoms with E-state index in [0.717, 1.165) is 42.3 Å². The first kappa shape index (κ1) is 12.2. The zero-order valence-electron chi connectivity index (χ0n) is 10.9. The third-order valence-corrected chi connectivity index (χ3v) is 3.93. The number of nitrogens with zero attached hydrogens (tertiary/aromatic N) is 1. The van der Waals surface area contributed by atoms with E-state index in [1.54, 1.807) is 6.20 Å². The van der Waals surface area contributed by atoms with Crippen molar-refractivity contribution in [1.29, 1.82) is 0 Å². The normalized spacial score (nSPS) is 17.7. The van der Waals surface area contributed by atoms with Gasteiger partial charge in [0.1, 0.15) is 0 Å². The molecule has 0 amide bonds. The summed E-state index contributed by atoms with van der Waals surface area (Å²) < 4.78 is 0. The Morgan fingerprint density at radius 3 is 2.79 bits per heavy atom. The molecule has 2 aromatic rings. The first-order chi connectivity index (χ1) is 9.18. The maximum absolute atomic E-state index is 10.4. The second-order valence-electron chi connectivity index (χ2n) is 5.39. The van der Waals surface area contributed by atoms with Crippen LogP contribution in [0.3, 0.4) is 0 Å². The van der Waals surface area contributed by atoms with Gasteiger partial charge in [-0.15, -0.1) is 0 Å². The maximum atomic E-state index is 10.4. The number of hydrogen-bond acceptors (Lipinski definition) is 4. The molecular weight excluding hydrogens is 238 g/mol. The number of fused-ring (bicyclic) bond motifs is 1. The molecule has 19 heavy (non-hydrogen) atoms. The van der Waals surface area contributed by atoms with Gasteiger partial charge in [0.2, 0.25) is 0 Å². The Morgan fingerprint density at radius 1 is 1.26 bits per heavy atom. The molecule has 0 atom stereocenters. The van der Waals surface area contributed by atoms with Gasteiger partial charge < -0.3 is 16.2 Å². The van der Waals surface area contributed by atoms with Gasteiger partial charge in [0, 0.05) is 11.9 Å². The molecule has 0 radical (unpaired) electrons. The summed E-state index contributed by atoms with van der Waals surface area (Å²) in [6.45, 7) is 0.547. The van der Waals surface area contributed by atoms with Crippen molar-refractivity contribution in [1.82, 2.24) is 4.98 Å². The van der Waals surface area contributed by atoms with Gasteiger partial charge >= 0.3 is 0 Å². The van der Waals surface area contributed by atoms with Crippen molar-refractivity contribution >= 4 is 22.3 Å². The molecule has 4 nitrogen and oxygen atoms in total. The number of rotatable bonds is 3. The van der Waals surface area contributed by atoms with Crippen molar-refractivity contribution in [3.63, 3.8) is 0 Å². The summed E-state index contributed by atoms with van der Waals surface area (Å²) in [7, 11) is 0. The SMILES string of the molecule is Nc1cnc2ccccc2c1NCC1(O)CCCC1. The molecular formula is C15H19N3O. The number of nitrogens with one attached hydrogen (secondary N) is 1. The van der Waals surface area contributed by atoms with Crippen LogP contribution in [0.25, 0.3) is 10.9 Å². The Hall–Kier alpha value is -1.81. The van der Waals surface area contributed by atoms with Crippen molar-refractivity contribution in [3.05, 3.63) is 30.5 Å². The van der Waals surface area contributed by atoms with Crippen LogP contribution in [0.15, 0.2) is 30.5 Å². The summed E-state index contributed by atoms with van der Waals surface area (Å²) in [5.74, 6) is 0. The lowest BCUT2D eigenvalue weighted by Crippen LogP contribution is -2.33. The van der Waals surface area contributed by atoms with Crippen molar-refractivity contribution < 1.29 is 5.11 Å². The molecule has 1 aliphatic rings.